The van der Waals surface area contributed by atoms with Crippen LogP contribution in [0.25, 0.3) is 5.57 Å². The van der Waals surface area contributed by atoms with Crippen molar-refractivity contribution in [3.05, 3.63) is 36.2 Å². The van der Waals surface area contributed by atoms with E-state index in [2.05, 4.69) is 10.1 Å². The summed E-state index contributed by atoms with van der Waals surface area (Å²) in [5.41, 5.74) is 3.08. The summed E-state index contributed by atoms with van der Waals surface area (Å²) in [6.07, 6.45) is 8.48. The van der Waals surface area contributed by atoms with Crippen LogP contribution in [0, 0.1) is 0 Å². The number of oxime groups is 1. The molecule has 72 valence electrons. The molecule has 0 aromatic carbocycles. The van der Waals surface area contributed by atoms with E-state index in [1.807, 2.05) is 24.4 Å². The molecule has 0 saturated carbocycles. The molecule has 2 rings (SSSR count). The maximum absolute atomic E-state index is 8.68. The first-order valence-corrected chi connectivity index (χ1v) is 4.72. The second-order valence-corrected chi connectivity index (χ2v) is 3.36. The van der Waals surface area contributed by atoms with Crippen molar-refractivity contribution in [3.8, 4) is 0 Å². The molecule has 3 nitrogen and oxygen atoms in total. The van der Waals surface area contributed by atoms with Crippen molar-refractivity contribution in [2.24, 2.45) is 5.16 Å². The molecule has 0 amide bonds. The van der Waals surface area contributed by atoms with Crippen molar-refractivity contribution in [2.75, 3.05) is 0 Å². The monoisotopic (exact) mass is 188 g/mol. The third-order valence-corrected chi connectivity index (χ3v) is 2.38. The normalized spacial score (nSPS) is 19.4. The third kappa shape index (κ3) is 1.82. The Hall–Kier alpha value is -1.64. The second kappa shape index (κ2) is 4.05. The Morgan fingerprint density at radius 2 is 2.29 bits per heavy atom. The van der Waals surface area contributed by atoms with Crippen LogP contribution in [0.3, 0.4) is 0 Å². The molecule has 0 unspecified atom stereocenters. The summed E-state index contributed by atoms with van der Waals surface area (Å²) in [4.78, 5) is 4.07. The van der Waals surface area contributed by atoms with Gasteiger partial charge in [0, 0.05) is 12.4 Å². The van der Waals surface area contributed by atoms with Crippen LogP contribution in [-0.2, 0) is 0 Å². The largest absolute Gasteiger partial charge is 0.411 e. The Labute approximate surface area is 82.8 Å². The Kier molecular flexibility index (Phi) is 2.58. The van der Waals surface area contributed by atoms with E-state index in [9.17, 15) is 0 Å². The van der Waals surface area contributed by atoms with Gasteiger partial charge in [-0.25, -0.2) is 0 Å². The van der Waals surface area contributed by atoms with Gasteiger partial charge in [0.15, 0.2) is 0 Å². The highest BCUT2D eigenvalue weighted by molar-refractivity contribution is 6.01. The average Bonchev–Trinajstić information content (AvgIpc) is 2.30. The summed E-state index contributed by atoms with van der Waals surface area (Å²) in [5.74, 6) is 0. The Bertz CT molecular complexity index is 368. The second-order valence-electron chi connectivity index (χ2n) is 3.36. The average molecular weight is 188 g/mol. The lowest BCUT2D eigenvalue weighted by Crippen LogP contribution is -2.02. The summed E-state index contributed by atoms with van der Waals surface area (Å²) >= 11 is 0. The van der Waals surface area contributed by atoms with Gasteiger partial charge in [-0.15, -0.1) is 0 Å². The topological polar surface area (TPSA) is 45.5 Å². The Balaban J connectivity index is 2.31. The van der Waals surface area contributed by atoms with Gasteiger partial charge in [-0.3, -0.25) is 4.98 Å². The first kappa shape index (κ1) is 8.94. The van der Waals surface area contributed by atoms with E-state index in [1.54, 1.807) is 6.20 Å². The molecule has 0 saturated heterocycles. The van der Waals surface area contributed by atoms with Crippen molar-refractivity contribution in [3.63, 3.8) is 0 Å². The van der Waals surface area contributed by atoms with E-state index < -0.39 is 0 Å². The fourth-order valence-corrected chi connectivity index (χ4v) is 1.66. The van der Waals surface area contributed by atoms with Gasteiger partial charge in [-0.1, -0.05) is 11.2 Å². The van der Waals surface area contributed by atoms with Gasteiger partial charge in [-0.05, 0) is 42.5 Å². The Morgan fingerprint density at radius 3 is 3.00 bits per heavy atom. The molecule has 0 atom stereocenters. The van der Waals surface area contributed by atoms with E-state index in [-0.39, 0.29) is 0 Å². The van der Waals surface area contributed by atoms with Crippen LogP contribution in [0.15, 0.2) is 35.8 Å². The lowest BCUT2D eigenvalue weighted by molar-refractivity contribution is 0.318. The van der Waals surface area contributed by atoms with Crippen LogP contribution in [0.5, 0.6) is 0 Å². The van der Waals surface area contributed by atoms with Gasteiger partial charge < -0.3 is 5.21 Å². The molecule has 3 heteroatoms. The van der Waals surface area contributed by atoms with Crippen LogP contribution in [0.1, 0.15) is 24.8 Å². The van der Waals surface area contributed by atoms with Crippen LogP contribution >= 0.6 is 0 Å². The van der Waals surface area contributed by atoms with E-state index in [0.717, 1.165) is 30.5 Å². The number of nitrogens with zero attached hydrogens (tertiary/aromatic N) is 2. The minimum atomic E-state index is 0.759. The number of hydrogen-bond donors (Lipinski definition) is 1. The molecule has 14 heavy (non-hydrogen) atoms. The van der Waals surface area contributed by atoms with Crippen LogP contribution < -0.4 is 0 Å². The van der Waals surface area contributed by atoms with Crippen molar-refractivity contribution in [1.82, 2.24) is 4.98 Å². The van der Waals surface area contributed by atoms with E-state index >= 15 is 0 Å². The van der Waals surface area contributed by atoms with Gasteiger partial charge in [-0.2, -0.15) is 0 Å². The van der Waals surface area contributed by atoms with Gasteiger partial charge in [0.05, 0.1) is 5.71 Å². The van der Waals surface area contributed by atoms with Crippen molar-refractivity contribution in [2.45, 2.75) is 19.3 Å². The number of allylic oxidation sites excluding steroid dienone is 2. The SMILES string of the molecule is O/N=C1/C=C(c2cccnc2)CCC1. The highest BCUT2D eigenvalue weighted by Gasteiger charge is 2.10. The van der Waals surface area contributed by atoms with Gasteiger partial charge in [0.1, 0.15) is 0 Å². The standard InChI is InChI=1S/C11H12N2O/c14-13-11-5-1-3-9(7-11)10-4-2-6-12-8-10/h2,4,6-8,14H,1,3,5H2/b13-11+. The zero-order chi connectivity index (χ0) is 9.80. The van der Waals surface area contributed by atoms with Crippen LogP contribution in [0.2, 0.25) is 0 Å². The van der Waals surface area contributed by atoms with Gasteiger partial charge >= 0.3 is 0 Å². The molecule has 0 bridgehead atoms. The van der Waals surface area contributed by atoms with Gasteiger partial charge in [0.2, 0.25) is 0 Å². The maximum atomic E-state index is 8.68. The minimum Gasteiger partial charge on any atom is -0.411 e. The fourth-order valence-electron chi connectivity index (χ4n) is 1.66. The molecule has 1 heterocycles. The van der Waals surface area contributed by atoms with E-state index in [1.165, 1.54) is 5.57 Å². The molecular formula is C11H12N2O. The van der Waals surface area contributed by atoms with Gasteiger partial charge in [0.25, 0.3) is 0 Å². The van der Waals surface area contributed by atoms with E-state index in [0.29, 0.717) is 0 Å². The van der Waals surface area contributed by atoms with Crippen molar-refractivity contribution < 1.29 is 5.21 Å². The molecule has 0 radical (unpaired) electrons. The summed E-state index contributed by atoms with van der Waals surface area (Å²) in [7, 11) is 0. The molecule has 1 aliphatic carbocycles. The summed E-state index contributed by atoms with van der Waals surface area (Å²) in [6.45, 7) is 0. The minimum absolute atomic E-state index is 0.759. The van der Waals surface area contributed by atoms with E-state index in [4.69, 9.17) is 5.21 Å². The zero-order valence-electron chi connectivity index (χ0n) is 7.85. The van der Waals surface area contributed by atoms with Crippen molar-refractivity contribution >= 4 is 11.3 Å². The smallest absolute Gasteiger partial charge is 0.0798 e. The molecule has 1 N–H and O–H groups in total. The number of aromatic nitrogens is 1. The quantitative estimate of drug-likeness (QED) is 0.543. The first-order chi connectivity index (χ1) is 6.90. The van der Waals surface area contributed by atoms with Crippen molar-refractivity contribution in [1.29, 1.82) is 0 Å². The molecule has 0 aliphatic heterocycles. The Morgan fingerprint density at radius 1 is 1.36 bits per heavy atom. The number of rotatable bonds is 1. The molecule has 1 aromatic heterocycles. The lowest BCUT2D eigenvalue weighted by Gasteiger charge is -2.12. The number of pyridine rings is 1. The predicted molar refractivity (Wildman–Crippen MR) is 55.3 cm³/mol. The molecular weight excluding hydrogens is 176 g/mol. The van der Waals surface area contributed by atoms with Crippen LogP contribution in [0.4, 0.5) is 0 Å². The molecule has 0 spiro atoms. The highest BCUT2D eigenvalue weighted by Crippen LogP contribution is 2.24. The third-order valence-electron chi connectivity index (χ3n) is 2.38. The maximum Gasteiger partial charge on any atom is 0.0798 e. The number of hydrogen-bond acceptors (Lipinski definition) is 3. The predicted octanol–water partition coefficient (Wildman–Crippen LogP) is 2.48. The summed E-state index contributed by atoms with van der Waals surface area (Å²) in [5, 5.41) is 11.9. The summed E-state index contributed by atoms with van der Waals surface area (Å²) in [6, 6.07) is 3.94. The van der Waals surface area contributed by atoms with Crippen LogP contribution in [-0.4, -0.2) is 15.9 Å². The molecule has 1 aliphatic rings. The molecule has 0 fully saturated rings. The highest BCUT2D eigenvalue weighted by atomic mass is 16.4. The zero-order valence-corrected chi connectivity index (χ0v) is 7.85. The summed E-state index contributed by atoms with van der Waals surface area (Å²) < 4.78 is 0. The fraction of sp³-hybridized carbons (Fsp3) is 0.273. The first-order valence-electron chi connectivity index (χ1n) is 4.72. The molecule has 1 aromatic rings. The lowest BCUT2D eigenvalue weighted by atomic mass is 9.94.